The lowest BCUT2D eigenvalue weighted by Crippen LogP contribution is -2.29. The van der Waals surface area contributed by atoms with Crippen LogP contribution in [0.4, 0.5) is 5.69 Å². The lowest BCUT2D eigenvalue weighted by Gasteiger charge is -2.19. The fourth-order valence-corrected chi connectivity index (χ4v) is 2.17. The van der Waals surface area contributed by atoms with Gasteiger partial charge in [-0.05, 0) is 36.4 Å². The summed E-state index contributed by atoms with van der Waals surface area (Å²) in [4.78, 5) is 37.1. The number of methoxy groups -OCH3 is 1. The monoisotopic (exact) mass is 353 g/mol. The van der Waals surface area contributed by atoms with Crippen molar-refractivity contribution in [2.75, 3.05) is 25.7 Å². The van der Waals surface area contributed by atoms with Crippen LogP contribution in [-0.4, -0.2) is 38.6 Å². The van der Waals surface area contributed by atoms with E-state index in [4.69, 9.17) is 4.74 Å². The Labute approximate surface area is 151 Å². The van der Waals surface area contributed by atoms with Crippen LogP contribution in [-0.2, 0) is 14.3 Å². The molecule has 0 aromatic heterocycles. The Bertz CT molecular complexity index is 812. The molecule has 0 fully saturated rings. The normalized spacial score (nSPS) is 9.92. The molecule has 26 heavy (non-hydrogen) atoms. The number of rotatable bonds is 6. The van der Waals surface area contributed by atoms with E-state index in [9.17, 15) is 14.4 Å². The molecule has 0 saturated carbocycles. The average Bonchev–Trinajstić information content (AvgIpc) is 2.70. The third-order valence-corrected chi connectivity index (χ3v) is 3.67. The molecule has 0 aliphatic rings. The first-order chi connectivity index (χ1) is 12.4. The van der Waals surface area contributed by atoms with Gasteiger partial charge in [0.05, 0.1) is 18.2 Å². The highest BCUT2D eigenvalue weighted by atomic mass is 16.5. The minimum absolute atomic E-state index is 0.133. The summed E-state index contributed by atoms with van der Waals surface area (Å²) in [5.41, 5.74) is 1.49. The first-order valence-electron chi connectivity index (χ1n) is 7.80. The number of benzene rings is 2. The number of ether oxygens (including phenoxy) is 2. The molecule has 6 nitrogen and oxygen atoms in total. The summed E-state index contributed by atoms with van der Waals surface area (Å²) < 4.78 is 9.75. The molecule has 2 aromatic rings. The van der Waals surface area contributed by atoms with Crippen LogP contribution in [0.5, 0.6) is 0 Å². The second kappa shape index (κ2) is 8.62. The second-order valence-corrected chi connectivity index (χ2v) is 5.45. The molecule has 0 spiro atoms. The number of nitrogens with zero attached hydrogens (tertiary/aromatic N) is 1. The van der Waals surface area contributed by atoms with Gasteiger partial charge in [-0.3, -0.25) is 4.79 Å². The Morgan fingerprint density at radius 1 is 0.923 bits per heavy atom. The van der Waals surface area contributed by atoms with Gasteiger partial charge in [-0.15, -0.1) is 0 Å². The van der Waals surface area contributed by atoms with Gasteiger partial charge in [0, 0.05) is 18.3 Å². The highest BCUT2D eigenvalue weighted by Crippen LogP contribution is 2.16. The summed E-state index contributed by atoms with van der Waals surface area (Å²) in [6.45, 7) is 3.47. The molecule has 2 aromatic carbocycles. The molecule has 6 heteroatoms. The van der Waals surface area contributed by atoms with Crippen molar-refractivity contribution in [2.45, 2.75) is 0 Å². The zero-order valence-electron chi connectivity index (χ0n) is 14.6. The predicted molar refractivity (Wildman–Crippen MR) is 97.1 cm³/mol. The van der Waals surface area contributed by atoms with Gasteiger partial charge in [-0.25, -0.2) is 9.59 Å². The molecule has 0 radical (unpaired) electrons. The van der Waals surface area contributed by atoms with E-state index >= 15 is 0 Å². The maximum absolute atomic E-state index is 12.4. The summed E-state index contributed by atoms with van der Waals surface area (Å²) in [6.07, 6.45) is 0. The third kappa shape index (κ3) is 4.57. The number of likely N-dealkylation sites (N-methyl/N-ethyl adjacent to an activating group) is 1. The van der Waals surface area contributed by atoms with Crippen LogP contribution >= 0.6 is 0 Å². The van der Waals surface area contributed by atoms with E-state index in [0.717, 1.165) is 0 Å². The van der Waals surface area contributed by atoms with Gasteiger partial charge in [-0.2, -0.15) is 0 Å². The molecule has 0 aliphatic carbocycles. The van der Waals surface area contributed by atoms with Crippen molar-refractivity contribution >= 4 is 23.5 Å². The lowest BCUT2D eigenvalue weighted by atomic mass is 10.2. The number of carbonyl (C=O) groups is 3. The smallest absolute Gasteiger partial charge is 0.338 e. The Kier molecular flexibility index (Phi) is 6.27. The van der Waals surface area contributed by atoms with Crippen LogP contribution in [0.3, 0.4) is 0 Å². The number of hydrogen-bond donors (Lipinski definition) is 0. The summed E-state index contributed by atoms with van der Waals surface area (Å²) in [5, 5.41) is 0. The maximum atomic E-state index is 12.4. The van der Waals surface area contributed by atoms with E-state index in [1.54, 1.807) is 61.6 Å². The Balaban J connectivity index is 1.95. The van der Waals surface area contributed by atoms with Crippen molar-refractivity contribution in [1.82, 2.24) is 0 Å². The van der Waals surface area contributed by atoms with Crippen molar-refractivity contribution in [3.63, 3.8) is 0 Å². The summed E-state index contributed by atoms with van der Waals surface area (Å²) in [6, 6.07) is 14.8. The zero-order valence-corrected chi connectivity index (χ0v) is 14.6. The van der Waals surface area contributed by atoms with Crippen molar-refractivity contribution in [1.29, 1.82) is 0 Å². The van der Waals surface area contributed by atoms with Gasteiger partial charge in [-0.1, -0.05) is 24.8 Å². The largest absolute Gasteiger partial charge is 0.465 e. The van der Waals surface area contributed by atoms with Gasteiger partial charge < -0.3 is 14.4 Å². The van der Waals surface area contributed by atoms with E-state index in [-0.39, 0.29) is 12.2 Å². The molecule has 134 valence electrons. The Hall–Kier alpha value is -3.41. The van der Waals surface area contributed by atoms with Crippen molar-refractivity contribution in [2.24, 2.45) is 0 Å². The number of esters is 2. The summed E-state index contributed by atoms with van der Waals surface area (Å²) in [7, 11) is 2.87. The lowest BCUT2D eigenvalue weighted by molar-refractivity contribution is -0.115. The van der Waals surface area contributed by atoms with Crippen molar-refractivity contribution in [3.8, 4) is 0 Å². The van der Waals surface area contributed by atoms with Crippen LogP contribution in [0.1, 0.15) is 20.7 Å². The standard InChI is InChI=1S/C20H19NO5/c1-14(13-26-20(24)15-7-5-4-6-8-15)18(22)21(2)17-11-9-16(10-12-17)19(23)25-3/h4-12H,1,13H2,2-3H3. The SMILES string of the molecule is C=C(COC(=O)c1ccccc1)C(=O)N(C)c1ccc(C(=O)OC)cc1. The molecule has 0 N–H and O–H groups in total. The predicted octanol–water partition coefficient (Wildman–Crippen LogP) is 2.85. The molecule has 0 bridgehead atoms. The fraction of sp³-hybridized carbons (Fsp3) is 0.150. The van der Waals surface area contributed by atoms with Crippen LogP contribution in [0.2, 0.25) is 0 Å². The first kappa shape index (κ1) is 18.9. The minimum Gasteiger partial charge on any atom is -0.465 e. The Morgan fingerprint density at radius 3 is 2.08 bits per heavy atom. The molecular formula is C20H19NO5. The van der Waals surface area contributed by atoms with E-state index in [1.165, 1.54) is 12.0 Å². The molecule has 2 rings (SSSR count). The molecule has 0 saturated heterocycles. The topological polar surface area (TPSA) is 72.9 Å². The van der Waals surface area contributed by atoms with Crippen LogP contribution < -0.4 is 4.90 Å². The number of anilines is 1. The molecule has 1 amide bonds. The van der Waals surface area contributed by atoms with Crippen LogP contribution in [0.15, 0.2) is 66.7 Å². The fourth-order valence-electron chi connectivity index (χ4n) is 2.17. The minimum atomic E-state index is -0.523. The van der Waals surface area contributed by atoms with Gasteiger partial charge in [0.15, 0.2) is 0 Å². The highest BCUT2D eigenvalue weighted by Gasteiger charge is 2.17. The van der Waals surface area contributed by atoms with E-state index in [1.807, 2.05) is 0 Å². The van der Waals surface area contributed by atoms with Gasteiger partial charge in [0.25, 0.3) is 5.91 Å². The average molecular weight is 353 g/mol. The third-order valence-electron chi connectivity index (χ3n) is 3.67. The van der Waals surface area contributed by atoms with Crippen molar-refractivity contribution in [3.05, 3.63) is 77.9 Å². The Morgan fingerprint density at radius 2 is 1.50 bits per heavy atom. The van der Waals surface area contributed by atoms with Crippen LogP contribution in [0, 0.1) is 0 Å². The molecular weight excluding hydrogens is 334 g/mol. The summed E-state index contributed by atoms with van der Waals surface area (Å²) in [5.74, 6) is -1.37. The quantitative estimate of drug-likeness (QED) is 0.590. The number of hydrogen-bond acceptors (Lipinski definition) is 5. The first-order valence-corrected chi connectivity index (χ1v) is 7.80. The molecule has 0 unspecified atom stereocenters. The van der Waals surface area contributed by atoms with Crippen LogP contribution in [0.25, 0.3) is 0 Å². The molecule has 0 heterocycles. The van der Waals surface area contributed by atoms with Gasteiger partial charge in [0.2, 0.25) is 0 Å². The molecule has 0 atom stereocenters. The van der Waals surface area contributed by atoms with Crippen molar-refractivity contribution < 1.29 is 23.9 Å². The van der Waals surface area contributed by atoms with E-state index in [2.05, 4.69) is 11.3 Å². The highest BCUT2D eigenvalue weighted by molar-refractivity contribution is 6.05. The zero-order chi connectivity index (χ0) is 19.1. The molecule has 0 aliphatic heterocycles. The van der Waals surface area contributed by atoms with E-state index < -0.39 is 17.8 Å². The summed E-state index contributed by atoms with van der Waals surface area (Å²) >= 11 is 0. The maximum Gasteiger partial charge on any atom is 0.338 e. The van der Waals surface area contributed by atoms with E-state index in [0.29, 0.717) is 16.8 Å². The number of carbonyl (C=O) groups excluding carboxylic acids is 3. The number of amides is 1. The second-order valence-electron chi connectivity index (χ2n) is 5.45. The van der Waals surface area contributed by atoms with Gasteiger partial charge >= 0.3 is 11.9 Å². The van der Waals surface area contributed by atoms with Gasteiger partial charge in [0.1, 0.15) is 6.61 Å².